The first-order valence-corrected chi connectivity index (χ1v) is 7.61. The molecule has 2 aromatic rings. The van der Waals surface area contributed by atoms with Crippen LogP contribution < -0.4 is 10.2 Å². The normalized spacial score (nSPS) is 10.3. The largest absolute Gasteiger partial charge is 0.378 e. The first kappa shape index (κ1) is 17.9. The summed E-state index contributed by atoms with van der Waals surface area (Å²) in [4.78, 5) is 13.4. The molecule has 0 radical (unpaired) electrons. The van der Waals surface area contributed by atoms with Crippen LogP contribution in [0.25, 0.3) is 5.57 Å². The minimum atomic E-state index is -0.181. The maximum atomic E-state index is 11.4. The van der Waals surface area contributed by atoms with Gasteiger partial charge in [0.15, 0.2) is 0 Å². The molecular formula is C19H19N5O. The first-order valence-electron chi connectivity index (χ1n) is 7.61. The quantitative estimate of drug-likeness (QED) is 0.638. The van der Waals surface area contributed by atoms with Gasteiger partial charge in [-0.2, -0.15) is 10.4 Å². The zero-order chi connectivity index (χ0) is 18.4. The van der Waals surface area contributed by atoms with Crippen LogP contribution in [0.4, 0.5) is 22.7 Å². The highest BCUT2D eigenvalue weighted by molar-refractivity contribution is 5.93. The summed E-state index contributed by atoms with van der Waals surface area (Å²) in [6.07, 6.45) is 0. The molecule has 0 saturated carbocycles. The number of hydrogen-bond acceptors (Lipinski definition) is 5. The van der Waals surface area contributed by atoms with Gasteiger partial charge in [-0.25, -0.2) is 0 Å². The van der Waals surface area contributed by atoms with Gasteiger partial charge < -0.3 is 10.2 Å². The molecule has 1 amide bonds. The number of allylic oxidation sites excluding steroid dienone is 1. The predicted molar refractivity (Wildman–Crippen MR) is 100 cm³/mol. The molecule has 2 aromatic carbocycles. The van der Waals surface area contributed by atoms with Crippen LogP contribution >= 0.6 is 0 Å². The van der Waals surface area contributed by atoms with Crippen LogP contribution in [0.2, 0.25) is 0 Å². The molecule has 0 aliphatic carbocycles. The number of carbonyl (C=O) groups excluding carboxylic acids is 1. The number of anilines is 2. The average molecular weight is 333 g/mol. The lowest BCUT2D eigenvalue weighted by molar-refractivity contribution is -0.114. The molecule has 0 spiro atoms. The summed E-state index contributed by atoms with van der Waals surface area (Å²) in [7, 11) is 3.84. The van der Waals surface area contributed by atoms with E-state index in [2.05, 4.69) is 22.1 Å². The van der Waals surface area contributed by atoms with Gasteiger partial charge in [-0.15, -0.1) is 5.11 Å². The highest BCUT2D eigenvalue weighted by atomic mass is 16.1. The number of benzene rings is 2. The molecule has 0 bridgehead atoms. The number of azo groups is 1. The summed E-state index contributed by atoms with van der Waals surface area (Å²) in [5.41, 5.74) is 3.73. The molecule has 0 aromatic heterocycles. The van der Waals surface area contributed by atoms with E-state index < -0.39 is 0 Å². The Kier molecular flexibility index (Phi) is 5.64. The van der Waals surface area contributed by atoms with Gasteiger partial charge in [-0.05, 0) is 35.9 Å². The van der Waals surface area contributed by atoms with E-state index in [0.717, 1.165) is 5.69 Å². The molecule has 0 saturated heterocycles. The molecule has 0 aliphatic heterocycles. The summed E-state index contributed by atoms with van der Waals surface area (Å²) in [5.74, 6) is -0.181. The molecule has 25 heavy (non-hydrogen) atoms. The molecule has 0 atom stereocenters. The third kappa shape index (κ3) is 4.75. The van der Waals surface area contributed by atoms with Crippen LogP contribution in [-0.2, 0) is 4.79 Å². The smallest absolute Gasteiger partial charge is 0.221 e. The van der Waals surface area contributed by atoms with Gasteiger partial charge in [0.2, 0.25) is 5.91 Å². The molecule has 2 rings (SSSR count). The lowest BCUT2D eigenvalue weighted by atomic mass is 10.1. The van der Waals surface area contributed by atoms with Gasteiger partial charge in [0, 0.05) is 26.7 Å². The standard InChI is InChI=1S/C19H19N5O/c1-13(12-20)15-6-5-7-16(10-15)22-23-18-9-8-17(24(3)4)11-19(18)21-14(2)25/h5-11H,1H2,2-4H3,(H,21,25). The monoisotopic (exact) mass is 333 g/mol. The Morgan fingerprint density at radius 1 is 1.20 bits per heavy atom. The van der Waals surface area contributed by atoms with Crippen molar-refractivity contribution in [1.82, 2.24) is 0 Å². The lowest BCUT2D eigenvalue weighted by Gasteiger charge is -2.15. The second-order valence-electron chi connectivity index (χ2n) is 5.62. The molecule has 6 nitrogen and oxygen atoms in total. The molecule has 1 N–H and O–H groups in total. The van der Waals surface area contributed by atoms with Gasteiger partial charge >= 0.3 is 0 Å². The fourth-order valence-corrected chi connectivity index (χ4v) is 2.11. The maximum Gasteiger partial charge on any atom is 0.221 e. The number of nitriles is 1. The van der Waals surface area contributed by atoms with Crippen molar-refractivity contribution in [3.63, 3.8) is 0 Å². The van der Waals surface area contributed by atoms with E-state index in [9.17, 15) is 4.79 Å². The summed E-state index contributed by atoms with van der Waals surface area (Å²) >= 11 is 0. The van der Waals surface area contributed by atoms with Crippen molar-refractivity contribution in [2.24, 2.45) is 10.2 Å². The highest BCUT2D eigenvalue weighted by Gasteiger charge is 2.07. The first-order chi connectivity index (χ1) is 11.9. The zero-order valence-electron chi connectivity index (χ0n) is 14.4. The van der Waals surface area contributed by atoms with E-state index >= 15 is 0 Å². The number of nitrogens with one attached hydrogen (secondary N) is 1. The van der Waals surface area contributed by atoms with Gasteiger partial charge in [-0.3, -0.25) is 4.79 Å². The summed E-state index contributed by atoms with van der Waals surface area (Å²) in [6, 6.07) is 14.6. The van der Waals surface area contributed by atoms with Crippen LogP contribution in [0.3, 0.4) is 0 Å². The maximum absolute atomic E-state index is 11.4. The van der Waals surface area contributed by atoms with Crippen LogP contribution in [0.1, 0.15) is 12.5 Å². The molecular weight excluding hydrogens is 314 g/mol. The van der Waals surface area contributed by atoms with Crippen molar-refractivity contribution in [3.8, 4) is 6.07 Å². The third-order valence-electron chi connectivity index (χ3n) is 3.41. The van der Waals surface area contributed by atoms with Crippen LogP contribution in [0.15, 0.2) is 59.3 Å². The zero-order valence-corrected chi connectivity index (χ0v) is 14.4. The second kappa shape index (κ2) is 7.88. The Morgan fingerprint density at radius 2 is 1.96 bits per heavy atom. The van der Waals surface area contributed by atoms with Gasteiger partial charge in [-0.1, -0.05) is 18.7 Å². The molecule has 0 unspecified atom stereocenters. The van der Waals surface area contributed by atoms with Gasteiger partial charge in [0.05, 0.1) is 23.0 Å². The van der Waals surface area contributed by atoms with Crippen molar-refractivity contribution in [3.05, 3.63) is 54.6 Å². The van der Waals surface area contributed by atoms with Gasteiger partial charge in [0.1, 0.15) is 5.69 Å². The second-order valence-corrected chi connectivity index (χ2v) is 5.62. The van der Waals surface area contributed by atoms with E-state index in [1.165, 1.54) is 6.92 Å². The fraction of sp³-hybridized carbons (Fsp3) is 0.158. The number of rotatable bonds is 5. The third-order valence-corrected chi connectivity index (χ3v) is 3.41. The molecule has 126 valence electrons. The minimum absolute atomic E-state index is 0.181. The van der Waals surface area contributed by atoms with Crippen molar-refractivity contribution in [1.29, 1.82) is 5.26 Å². The summed E-state index contributed by atoms with van der Waals surface area (Å²) < 4.78 is 0. The Bertz CT molecular complexity index is 878. The Labute approximate surface area is 147 Å². The topological polar surface area (TPSA) is 80.8 Å². The Hall–Kier alpha value is -3.46. The molecule has 0 heterocycles. The van der Waals surface area contributed by atoms with E-state index in [4.69, 9.17) is 5.26 Å². The van der Waals surface area contributed by atoms with Crippen molar-refractivity contribution < 1.29 is 4.79 Å². The van der Waals surface area contributed by atoms with E-state index in [1.807, 2.05) is 37.2 Å². The number of carbonyl (C=O) groups is 1. The lowest BCUT2D eigenvalue weighted by Crippen LogP contribution is -2.10. The van der Waals surface area contributed by atoms with E-state index in [0.29, 0.717) is 28.2 Å². The fourth-order valence-electron chi connectivity index (χ4n) is 2.11. The van der Waals surface area contributed by atoms with Crippen molar-refractivity contribution >= 4 is 34.2 Å². The minimum Gasteiger partial charge on any atom is -0.378 e. The molecule has 6 heteroatoms. The van der Waals surface area contributed by atoms with Crippen molar-refractivity contribution in [2.75, 3.05) is 24.3 Å². The van der Waals surface area contributed by atoms with Gasteiger partial charge in [0.25, 0.3) is 0 Å². The van der Waals surface area contributed by atoms with E-state index in [1.54, 1.807) is 30.3 Å². The number of amides is 1. The highest BCUT2D eigenvalue weighted by Crippen LogP contribution is 2.31. The number of hydrogen-bond donors (Lipinski definition) is 1. The summed E-state index contributed by atoms with van der Waals surface area (Å²) in [5, 5.41) is 20.1. The number of nitrogens with zero attached hydrogens (tertiary/aromatic N) is 4. The van der Waals surface area contributed by atoms with Crippen LogP contribution in [0, 0.1) is 11.3 Å². The summed E-state index contributed by atoms with van der Waals surface area (Å²) in [6.45, 7) is 5.13. The average Bonchev–Trinajstić information content (AvgIpc) is 2.59. The van der Waals surface area contributed by atoms with Crippen molar-refractivity contribution in [2.45, 2.75) is 6.92 Å². The predicted octanol–water partition coefficient (Wildman–Crippen LogP) is 4.66. The van der Waals surface area contributed by atoms with Crippen LogP contribution in [0.5, 0.6) is 0 Å². The molecule has 0 fully saturated rings. The molecule has 0 aliphatic rings. The Morgan fingerprint density at radius 3 is 2.60 bits per heavy atom. The SMILES string of the molecule is C=C(C#N)c1cccc(N=Nc2ccc(N(C)C)cc2NC(C)=O)c1. The van der Waals surface area contributed by atoms with E-state index in [-0.39, 0.29) is 5.91 Å². The Balaban J connectivity index is 2.36. The van der Waals surface area contributed by atoms with Crippen LogP contribution in [-0.4, -0.2) is 20.0 Å².